The van der Waals surface area contributed by atoms with Crippen molar-refractivity contribution in [3.63, 3.8) is 0 Å². The van der Waals surface area contributed by atoms with Crippen molar-refractivity contribution in [1.29, 1.82) is 0 Å². The molecular weight excluding hydrogens is 192 g/mol. The minimum atomic E-state index is -0.359. The summed E-state index contributed by atoms with van der Waals surface area (Å²) in [7, 11) is 0. The molecule has 0 aliphatic heterocycles. The number of hydrogen-bond acceptors (Lipinski definition) is 3. The minimum Gasteiger partial charge on any atom is -0.327 e. The number of nitrogens with zero attached hydrogens (tertiary/aromatic N) is 1. The van der Waals surface area contributed by atoms with Gasteiger partial charge >= 0.3 is 0 Å². The summed E-state index contributed by atoms with van der Waals surface area (Å²) in [6.45, 7) is 4.03. The van der Waals surface area contributed by atoms with Crippen LogP contribution in [0.4, 0.5) is 5.69 Å². The van der Waals surface area contributed by atoms with Crippen LogP contribution in [0.1, 0.15) is 19.4 Å². The summed E-state index contributed by atoms with van der Waals surface area (Å²) in [5.41, 5.74) is 6.77. The molecule has 1 rings (SSSR count). The zero-order chi connectivity index (χ0) is 11.4. The van der Waals surface area contributed by atoms with Gasteiger partial charge in [0.1, 0.15) is 0 Å². The van der Waals surface area contributed by atoms with Gasteiger partial charge in [-0.05, 0) is 12.3 Å². The lowest BCUT2D eigenvalue weighted by molar-refractivity contribution is -0.385. The predicted molar refractivity (Wildman–Crippen MR) is 59.6 cm³/mol. The standard InChI is InChI=1S/C11H16N2O2/c1-8(2)10(12)7-9-5-3-4-6-11(9)13(14)15/h3-6,8,10H,7,12H2,1-2H3. The van der Waals surface area contributed by atoms with E-state index in [2.05, 4.69) is 0 Å². The van der Waals surface area contributed by atoms with Crippen molar-refractivity contribution in [2.45, 2.75) is 26.3 Å². The van der Waals surface area contributed by atoms with Gasteiger partial charge < -0.3 is 5.73 Å². The lowest BCUT2D eigenvalue weighted by Crippen LogP contribution is -2.28. The molecular formula is C11H16N2O2. The molecule has 0 bridgehead atoms. The van der Waals surface area contributed by atoms with Gasteiger partial charge in [-0.15, -0.1) is 0 Å². The van der Waals surface area contributed by atoms with E-state index in [1.807, 2.05) is 13.8 Å². The largest absolute Gasteiger partial charge is 0.327 e. The maximum absolute atomic E-state index is 10.7. The summed E-state index contributed by atoms with van der Waals surface area (Å²) in [4.78, 5) is 10.4. The highest BCUT2D eigenvalue weighted by molar-refractivity contribution is 5.40. The second-order valence-corrected chi connectivity index (χ2v) is 4.00. The number of hydrogen-bond donors (Lipinski definition) is 1. The van der Waals surface area contributed by atoms with Crippen molar-refractivity contribution in [1.82, 2.24) is 0 Å². The average Bonchev–Trinajstić information content (AvgIpc) is 2.18. The van der Waals surface area contributed by atoms with Crippen LogP contribution in [0, 0.1) is 16.0 Å². The van der Waals surface area contributed by atoms with Gasteiger partial charge in [0.2, 0.25) is 0 Å². The lowest BCUT2D eigenvalue weighted by Gasteiger charge is -2.15. The molecule has 0 aliphatic carbocycles. The molecule has 15 heavy (non-hydrogen) atoms. The van der Waals surface area contributed by atoms with Crippen LogP contribution in [0.5, 0.6) is 0 Å². The Balaban J connectivity index is 2.89. The third kappa shape index (κ3) is 3.02. The third-order valence-corrected chi connectivity index (χ3v) is 2.50. The first kappa shape index (κ1) is 11.7. The Labute approximate surface area is 89.2 Å². The Bertz CT molecular complexity index is 350. The van der Waals surface area contributed by atoms with Gasteiger partial charge in [0, 0.05) is 17.7 Å². The van der Waals surface area contributed by atoms with Crippen molar-refractivity contribution in [3.05, 3.63) is 39.9 Å². The molecule has 2 N–H and O–H groups in total. The minimum absolute atomic E-state index is 0.0360. The van der Waals surface area contributed by atoms with E-state index >= 15 is 0 Å². The molecule has 82 valence electrons. The Morgan fingerprint density at radius 1 is 1.40 bits per heavy atom. The van der Waals surface area contributed by atoms with E-state index in [1.165, 1.54) is 6.07 Å². The molecule has 0 saturated heterocycles. The summed E-state index contributed by atoms with van der Waals surface area (Å²) in [5, 5.41) is 10.7. The van der Waals surface area contributed by atoms with Crippen LogP contribution < -0.4 is 5.73 Å². The van der Waals surface area contributed by atoms with Crippen LogP contribution >= 0.6 is 0 Å². The fraction of sp³-hybridized carbons (Fsp3) is 0.455. The fourth-order valence-electron chi connectivity index (χ4n) is 1.35. The van der Waals surface area contributed by atoms with Gasteiger partial charge in [0.25, 0.3) is 5.69 Å². The molecule has 4 heteroatoms. The van der Waals surface area contributed by atoms with Crippen LogP contribution in [0.2, 0.25) is 0 Å². The van der Waals surface area contributed by atoms with E-state index in [-0.39, 0.29) is 16.7 Å². The Kier molecular flexibility index (Phi) is 3.80. The van der Waals surface area contributed by atoms with Crippen molar-refractivity contribution in [3.8, 4) is 0 Å². The molecule has 0 spiro atoms. The second kappa shape index (κ2) is 4.89. The molecule has 1 atom stereocenters. The van der Waals surface area contributed by atoms with E-state index in [0.29, 0.717) is 17.9 Å². The first-order chi connectivity index (χ1) is 7.02. The molecule has 1 aromatic carbocycles. The summed E-state index contributed by atoms with van der Waals surface area (Å²) in [6.07, 6.45) is 0.550. The third-order valence-electron chi connectivity index (χ3n) is 2.50. The van der Waals surface area contributed by atoms with Crippen LogP contribution in [0.3, 0.4) is 0 Å². The Morgan fingerprint density at radius 3 is 2.53 bits per heavy atom. The van der Waals surface area contributed by atoms with Gasteiger partial charge in [-0.2, -0.15) is 0 Å². The number of benzene rings is 1. The van der Waals surface area contributed by atoms with Crippen molar-refractivity contribution in [2.75, 3.05) is 0 Å². The Morgan fingerprint density at radius 2 is 2.00 bits per heavy atom. The number of nitro groups is 1. The summed E-state index contributed by atoms with van der Waals surface area (Å²) >= 11 is 0. The lowest BCUT2D eigenvalue weighted by atomic mass is 9.96. The molecule has 0 aliphatic rings. The summed E-state index contributed by atoms with van der Waals surface area (Å²) < 4.78 is 0. The summed E-state index contributed by atoms with van der Waals surface area (Å²) in [6, 6.07) is 6.71. The van der Waals surface area contributed by atoms with Crippen LogP contribution in [-0.4, -0.2) is 11.0 Å². The Hall–Kier alpha value is -1.42. The number of para-hydroxylation sites is 1. The highest BCUT2D eigenvalue weighted by Gasteiger charge is 2.16. The van der Waals surface area contributed by atoms with Crippen LogP contribution in [0.25, 0.3) is 0 Å². The number of nitrogens with two attached hydrogens (primary N) is 1. The normalized spacial score (nSPS) is 12.8. The van der Waals surface area contributed by atoms with Crippen molar-refractivity contribution >= 4 is 5.69 Å². The maximum atomic E-state index is 10.7. The highest BCUT2D eigenvalue weighted by atomic mass is 16.6. The van der Waals surface area contributed by atoms with Crippen LogP contribution in [-0.2, 0) is 6.42 Å². The van der Waals surface area contributed by atoms with Gasteiger partial charge in [0.05, 0.1) is 4.92 Å². The first-order valence-electron chi connectivity index (χ1n) is 5.00. The van der Waals surface area contributed by atoms with E-state index in [9.17, 15) is 10.1 Å². The van der Waals surface area contributed by atoms with Gasteiger partial charge in [-0.3, -0.25) is 10.1 Å². The first-order valence-corrected chi connectivity index (χ1v) is 5.00. The predicted octanol–water partition coefficient (Wildman–Crippen LogP) is 2.12. The molecule has 0 saturated carbocycles. The molecule has 1 aromatic rings. The maximum Gasteiger partial charge on any atom is 0.272 e. The zero-order valence-corrected chi connectivity index (χ0v) is 9.01. The van der Waals surface area contributed by atoms with E-state index in [1.54, 1.807) is 18.2 Å². The molecule has 1 unspecified atom stereocenters. The average molecular weight is 208 g/mol. The number of rotatable bonds is 4. The topological polar surface area (TPSA) is 69.2 Å². The zero-order valence-electron chi connectivity index (χ0n) is 9.01. The second-order valence-electron chi connectivity index (χ2n) is 4.00. The van der Waals surface area contributed by atoms with Gasteiger partial charge in [-0.25, -0.2) is 0 Å². The van der Waals surface area contributed by atoms with E-state index < -0.39 is 0 Å². The van der Waals surface area contributed by atoms with Gasteiger partial charge in [0.15, 0.2) is 0 Å². The monoisotopic (exact) mass is 208 g/mol. The molecule has 0 heterocycles. The SMILES string of the molecule is CC(C)C(N)Cc1ccccc1[N+](=O)[O-]. The van der Waals surface area contributed by atoms with E-state index in [0.717, 1.165) is 0 Å². The molecule has 0 radical (unpaired) electrons. The fourth-order valence-corrected chi connectivity index (χ4v) is 1.35. The highest BCUT2D eigenvalue weighted by Crippen LogP contribution is 2.20. The molecule has 0 fully saturated rings. The van der Waals surface area contributed by atoms with Crippen molar-refractivity contribution in [2.24, 2.45) is 11.7 Å². The number of nitro benzene ring substituents is 1. The van der Waals surface area contributed by atoms with E-state index in [4.69, 9.17) is 5.73 Å². The summed E-state index contributed by atoms with van der Waals surface area (Å²) in [5.74, 6) is 0.324. The van der Waals surface area contributed by atoms with Crippen LogP contribution in [0.15, 0.2) is 24.3 Å². The molecule has 0 aromatic heterocycles. The van der Waals surface area contributed by atoms with Crippen molar-refractivity contribution < 1.29 is 4.92 Å². The quantitative estimate of drug-likeness (QED) is 0.608. The molecule has 0 amide bonds. The van der Waals surface area contributed by atoms with Gasteiger partial charge in [-0.1, -0.05) is 32.0 Å². The molecule has 4 nitrogen and oxygen atoms in total. The smallest absolute Gasteiger partial charge is 0.272 e.